The third-order valence-corrected chi connectivity index (χ3v) is 9.81. The van der Waals surface area contributed by atoms with Crippen LogP contribution in [0.2, 0.25) is 0 Å². The van der Waals surface area contributed by atoms with Gasteiger partial charge >= 0.3 is 0 Å². The molecule has 196 valence electrons. The van der Waals surface area contributed by atoms with Crippen molar-refractivity contribution >= 4 is 11.4 Å². The van der Waals surface area contributed by atoms with Gasteiger partial charge in [-0.15, -0.1) is 0 Å². The standard InChI is InChI=1S/C39H35N/c1-2-9-28(10-3-1)29-11-8-12-30(24-29)35-14-6-7-16-39(35)40-33-17-18-37-36-15-5-4-13-34(36)31-20-26-19-27(21-31)23-32(22-26)38(37)25-33/h1-18,24-27,31-32,40H,19-23H2. The summed E-state index contributed by atoms with van der Waals surface area (Å²) < 4.78 is 0. The fourth-order valence-electron chi connectivity index (χ4n) is 8.18. The summed E-state index contributed by atoms with van der Waals surface area (Å²) in [4.78, 5) is 0. The molecular formula is C39H35N. The summed E-state index contributed by atoms with van der Waals surface area (Å²) in [5.74, 6) is 3.13. The molecule has 0 radical (unpaired) electrons. The van der Waals surface area contributed by atoms with Crippen molar-refractivity contribution in [2.45, 2.75) is 43.9 Å². The maximum Gasteiger partial charge on any atom is 0.0463 e. The van der Waals surface area contributed by atoms with E-state index < -0.39 is 0 Å². The van der Waals surface area contributed by atoms with E-state index in [4.69, 9.17) is 0 Å². The van der Waals surface area contributed by atoms with Crippen LogP contribution in [0.25, 0.3) is 33.4 Å². The minimum absolute atomic E-state index is 0.658. The number of benzene rings is 5. The molecule has 2 atom stereocenters. The summed E-state index contributed by atoms with van der Waals surface area (Å²) in [7, 11) is 0. The van der Waals surface area contributed by atoms with Gasteiger partial charge in [-0.05, 0) is 119 Å². The molecule has 1 N–H and O–H groups in total. The molecule has 4 bridgehead atoms. The largest absolute Gasteiger partial charge is 0.355 e. The Bertz CT molecular complexity index is 1670. The highest BCUT2D eigenvalue weighted by molar-refractivity contribution is 5.84. The van der Waals surface area contributed by atoms with Crippen molar-refractivity contribution in [2.24, 2.45) is 11.8 Å². The number of hydrogen-bond acceptors (Lipinski definition) is 1. The minimum Gasteiger partial charge on any atom is -0.355 e. The van der Waals surface area contributed by atoms with Gasteiger partial charge in [-0.2, -0.15) is 0 Å². The van der Waals surface area contributed by atoms with Gasteiger partial charge < -0.3 is 5.32 Å². The molecular weight excluding hydrogens is 482 g/mol. The van der Waals surface area contributed by atoms with Crippen LogP contribution in [-0.2, 0) is 0 Å². The quantitative estimate of drug-likeness (QED) is 0.250. The number of anilines is 2. The highest BCUT2D eigenvalue weighted by Crippen LogP contribution is 2.55. The third kappa shape index (κ3) is 4.25. The summed E-state index contributed by atoms with van der Waals surface area (Å²) in [5.41, 5.74) is 13.4. The molecule has 9 rings (SSSR count). The lowest BCUT2D eigenvalue weighted by molar-refractivity contribution is 0.153. The molecule has 5 aromatic rings. The number of para-hydroxylation sites is 1. The fourth-order valence-corrected chi connectivity index (χ4v) is 8.18. The molecule has 5 aromatic carbocycles. The molecule has 2 unspecified atom stereocenters. The first-order valence-corrected chi connectivity index (χ1v) is 15.0. The van der Waals surface area contributed by atoms with Gasteiger partial charge in [0.25, 0.3) is 0 Å². The van der Waals surface area contributed by atoms with Crippen LogP contribution in [0.15, 0.2) is 121 Å². The first-order valence-electron chi connectivity index (χ1n) is 15.0. The Morgan fingerprint density at radius 2 is 1.05 bits per heavy atom. The second-order valence-corrected chi connectivity index (χ2v) is 12.3. The molecule has 2 fully saturated rings. The number of hydrogen-bond donors (Lipinski definition) is 1. The summed E-state index contributed by atoms with van der Waals surface area (Å²) in [5, 5.41) is 3.85. The minimum atomic E-state index is 0.658. The predicted octanol–water partition coefficient (Wildman–Crippen LogP) is 10.8. The zero-order valence-electron chi connectivity index (χ0n) is 22.9. The van der Waals surface area contributed by atoms with Crippen LogP contribution in [0, 0.1) is 11.8 Å². The van der Waals surface area contributed by atoms with Gasteiger partial charge in [-0.1, -0.05) is 97.1 Å². The maximum absolute atomic E-state index is 3.85. The van der Waals surface area contributed by atoms with E-state index in [9.17, 15) is 0 Å². The van der Waals surface area contributed by atoms with Crippen LogP contribution in [0.5, 0.6) is 0 Å². The van der Waals surface area contributed by atoms with E-state index in [0.29, 0.717) is 5.92 Å². The molecule has 2 saturated carbocycles. The SMILES string of the molecule is c1ccc(-c2cccc(-c3ccccc3Nc3ccc4c(c3)C3CC5CC(CC(C5)c5ccccc5-4)C3)c2)cc1. The van der Waals surface area contributed by atoms with E-state index in [1.807, 2.05) is 0 Å². The summed E-state index contributed by atoms with van der Waals surface area (Å²) in [6.07, 6.45) is 6.88. The third-order valence-electron chi connectivity index (χ3n) is 9.81. The van der Waals surface area contributed by atoms with Gasteiger partial charge in [0, 0.05) is 16.9 Å². The van der Waals surface area contributed by atoms with E-state index in [-0.39, 0.29) is 0 Å². The Balaban J connectivity index is 1.19. The van der Waals surface area contributed by atoms with Crippen molar-refractivity contribution in [1.29, 1.82) is 0 Å². The van der Waals surface area contributed by atoms with E-state index >= 15 is 0 Å². The lowest BCUT2D eigenvalue weighted by Gasteiger charge is -2.42. The van der Waals surface area contributed by atoms with Crippen molar-refractivity contribution in [2.75, 3.05) is 5.32 Å². The zero-order chi connectivity index (χ0) is 26.5. The average molecular weight is 518 g/mol. The molecule has 0 aliphatic heterocycles. The van der Waals surface area contributed by atoms with Crippen LogP contribution < -0.4 is 5.32 Å². The summed E-state index contributed by atoms with van der Waals surface area (Å²) >= 11 is 0. The molecule has 0 heterocycles. The second kappa shape index (κ2) is 9.82. The van der Waals surface area contributed by atoms with Crippen LogP contribution in [-0.4, -0.2) is 0 Å². The predicted molar refractivity (Wildman–Crippen MR) is 168 cm³/mol. The maximum atomic E-state index is 3.85. The molecule has 1 nitrogen and oxygen atoms in total. The first kappa shape index (κ1) is 23.8. The molecule has 0 amide bonds. The van der Waals surface area contributed by atoms with Gasteiger partial charge in [0.15, 0.2) is 0 Å². The Kier molecular flexibility index (Phi) is 5.83. The van der Waals surface area contributed by atoms with E-state index in [1.54, 1.807) is 11.1 Å². The van der Waals surface area contributed by atoms with Crippen LogP contribution >= 0.6 is 0 Å². The van der Waals surface area contributed by atoms with Crippen molar-refractivity contribution in [3.63, 3.8) is 0 Å². The van der Waals surface area contributed by atoms with E-state index in [1.165, 1.54) is 71.2 Å². The van der Waals surface area contributed by atoms with Crippen LogP contribution in [0.3, 0.4) is 0 Å². The van der Waals surface area contributed by atoms with E-state index in [0.717, 1.165) is 23.4 Å². The number of rotatable bonds is 4. The van der Waals surface area contributed by atoms with Gasteiger partial charge in [0.05, 0.1) is 0 Å². The molecule has 4 aliphatic rings. The van der Waals surface area contributed by atoms with Crippen molar-refractivity contribution in [3.8, 4) is 33.4 Å². The highest BCUT2D eigenvalue weighted by Gasteiger charge is 2.40. The van der Waals surface area contributed by atoms with Crippen molar-refractivity contribution in [3.05, 3.63) is 132 Å². The van der Waals surface area contributed by atoms with Crippen molar-refractivity contribution in [1.82, 2.24) is 0 Å². The molecule has 4 aliphatic carbocycles. The van der Waals surface area contributed by atoms with Gasteiger partial charge in [0.1, 0.15) is 0 Å². The van der Waals surface area contributed by atoms with Crippen LogP contribution in [0.4, 0.5) is 11.4 Å². The Labute approximate surface area is 237 Å². The molecule has 0 spiro atoms. The van der Waals surface area contributed by atoms with Crippen molar-refractivity contribution < 1.29 is 0 Å². The normalized spacial score (nSPS) is 22.5. The first-order chi connectivity index (χ1) is 19.8. The van der Waals surface area contributed by atoms with Crippen LogP contribution in [0.1, 0.15) is 55.1 Å². The van der Waals surface area contributed by atoms with Gasteiger partial charge in [0.2, 0.25) is 0 Å². The molecule has 0 saturated heterocycles. The summed E-state index contributed by atoms with van der Waals surface area (Å²) in [6, 6.07) is 44.8. The van der Waals surface area contributed by atoms with Gasteiger partial charge in [-0.3, -0.25) is 0 Å². The zero-order valence-corrected chi connectivity index (χ0v) is 22.9. The average Bonchev–Trinajstić information content (AvgIpc) is 3.06. The Morgan fingerprint density at radius 3 is 1.88 bits per heavy atom. The highest BCUT2D eigenvalue weighted by atomic mass is 14.9. The smallest absolute Gasteiger partial charge is 0.0463 e. The Hall–Kier alpha value is -4.10. The summed E-state index contributed by atoms with van der Waals surface area (Å²) in [6.45, 7) is 0. The lowest BCUT2D eigenvalue weighted by atomic mass is 9.63. The molecule has 0 aromatic heterocycles. The second-order valence-electron chi connectivity index (χ2n) is 12.3. The molecule has 1 heteroatoms. The monoisotopic (exact) mass is 517 g/mol. The topological polar surface area (TPSA) is 12.0 Å². The lowest BCUT2D eigenvalue weighted by Crippen LogP contribution is -2.29. The van der Waals surface area contributed by atoms with Gasteiger partial charge in [-0.25, -0.2) is 0 Å². The van der Waals surface area contributed by atoms with E-state index in [2.05, 4.69) is 127 Å². The fraction of sp³-hybridized carbons (Fsp3) is 0.231. The number of nitrogens with one attached hydrogen (secondary N) is 1. The molecule has 40 heavy (non-hydrogen) atoms. The Morgan fingerprint density at radius 1 is 0.425 bits per heavy atom.